The number of nitrogens with one attached hydrogen (secondary N) is 1. The molecule has 0 radical (unpaired) electrons. The van der Waals surface area contributed by atoms with E-state index in [4.69, 9.17) is 9.15 Å². The monoisotopic (exact) mass is 393 g/mol. The number of hydrogen-bond acceptors (Lipinski definition) is 6. The fourth-order valence-electron chi connectivity index (χ4n) is 3.11. The Hall–Kier alpha value is -2.68. The molecule has 1 aliphatic rings. The predicted octanol–water partition coefficient (Wildman–Crippen LogP) is 3.46. The highest BCUT2D eigenvalue weighted by Gasteiger charge is 2.26. The van der Waals surface area contributed by atoms with Gasteiger partial charge < -0.3 is 19.2 Å². The van der Waals surface area contributed by atoms with Crippen molar-refractivity contribution >= 4 is 29.0 Å². The minimum atomic E-state index is -1.27. The number of carboxylic acid groups (broad SMARTS) is 1. The quantitative estimate of drug-likeness (QED) is 0.801. The summed E-state index contributed by atoms with van der Waals surface area (Å²) in [5.74, 6) is -1.49. The molecule has 1 amide bonds. The van der Waals surface area contributed by atoms with Crippen LogP contribution in [0.1, 0.15) is 43.1 Å². The lowest BCUT2D eigenvalue weighted by Crippen LogP contribution is -2.27. The molecular weight excluding hydrogens is 369 g/mol. The van der Waals surface area contributed by atoms with Crippen LogP contribution in [-0.4, -0.2) is 58.5 Å². The third-order valence-electron chi connectivity index (χ3n) is 4.35. The van der Waals surface area contributed by atoms with Gasteiger partial charge in [0.05, 0.1) is 0 Å². The van der Waals surface area contributed by atoms with E-state index in [1.165, 1.54) is 0 Å². The minimum absolute atomic E-state index is 0.146. The lowest BCUT2D eigenvalue weighted by molar-refractivity contribution is 0.0633. The molecule has 2 aromatic heterocycles. The predicted molar refractivity (Wildman–Crippen MR) is 100 cm³/mol. The van der Waals surface area contributed by atoms with E-state index in [-0.39, 0.29) is 22.5 Å². The SMILES string of the molecule is CC(C)(C)OC(=O)Nc1oc2cc(CCN3CC[C@@H](F)C3)cnc2c1C(=O)O. The first-order valence-corrected chi connectivity index (χ1v) is 9.13. The largest absolute Gasteiger partial charge is 0.477 e. The number of fused-ring (bicyclic) bond motifs is 1. The number of ether oxygens (including phenoxy) is 1. The number of nitrogens with zero attached hydrogens (tertiary/aromatic N) is 2. The molecule has 2 N–H and O–H groups in total. The number of carbonyl (C=O) groups is 2. The van der Waals surface area contributed by atoms with E-state index in [1.54, 1.807) is 33.0 Å². The Labute approximate surface area is 161 Å². The lowest BCUT2D eigenvalue weighted by Gasteiger charge is -2.19. The number of aromatic nitrogens is 1. The Balaban J connectivity index is 1.79. The third kappa shape index (κ3) is 4.78. The number of anilines is 1. The second-order valence-corrected chi connectivity index (χ2v) is 7.87. The Morgan fingerprint density at radius 2 is 2.21 bits per heavy atom. The summed E-state index contributed by atoms with van der Waals surface area (Å²) in [7, 11) is 0. The topological polar surface area (TPSA) is 105 Å². The fourth-order valence-corrected chi connectivity index (χ4v) is 3.11. The van der Waals surface area contributed by atoms with Crippen LogP contribution in [0.5, 0.6) is 0 Å². The first-order valence-electron chi connectivity index (χ1n) is 9.13. The molecule has 3 heterocycles. The Morgan fingerprint density at radius 1 is 1.46 bits per heavy atom. The number of amides is 1. The van der Waals surface area contributed by atoms with Crippen molar-refractivity contribution in [2.75, 3.05) is 25.0 Å². The van der Waals surface area contributed by atoms with E-state index < -0.39 is 23.8 Å². The van der Waals surface area contributed by atoms with Gasteiger partial charge in [-0.3, -0.25) is 10.3 Å². The van der Waals surface area contributed by atoms with Crippen LogP contribution in [0.3, 0.4) is 0 Å². The summed E-state index contributed by atoms with van der Waals surface area (Å²) in [6.45, 7) is 6.94. The average molecular weight is 393 g/mol. The van der Waals surface area contributed by atoms with Gasteiger partial charge in [-0.05, 0) is 45.2 Å². The highest BCUT2D eigenvalue weighted by atomic mass is 19.1. The van der Waals surface area contributed by atoms with Crippen molar-refractivity contribution in [2.45, 2.75) is 45.4 Å². The molecule has 0 bridgehead atoms. The van der Waals surface area contributed by atoms with Gasteiger partial charge in [-0.15, -0.1) is 0 Å². The van der Waals surface area contributed by atoms with Crippen LogP contribution in [-0.2, 0) is 11.2 Å². The van der Waals surface area contributed by atoms with Crippen molar-refractivity contribution in [2.24, 2.45) is 0 Å². The number of rotatable bonds is 5. The molecule has 3 rings (SSSR count). The molecule has 1 saturated heterocycles. The second-order valence-electron chi connectivity index (χ2n) is 7.87. The molecule has 1 aliphatic heterocycles. The first kappa shape index (κ1) is 20.1. The molecule has 0 saturated carbocycles. The maximum Gasteiger partial charge on any atom is 0.414 e. The van der Waals surface area contributed by atoms with Crippen LogP contribution >= 0.6 is 0 Å². The summed E-state index contributed by atoms with van der Waals surface area (Å²) in [6.07, 6.45) is 1.17. The molecule has 2 aromatic rings. The van der Waals surface area contributed by atoms with Gasteiger partial charge >= 0.3 is 12.1 Å². The molecule has 0 spiro atoms. The third-order valence-corrected chi connectivity index (χ3v) is 4.35. The van der Waals surface area contributed by atoms with Gasteiger partial charge in [0.1, 0.15) is 22.9 Å². The first-order chi connectivity index (χ1) is 13.1. The highest BCUT2D eigenvalue weighted by molar-refractivity contribution is 6.07. The smallest absolute Gasteiger partial charge is 0.414 e. The summed E-state index contributed by atoms with van der Waals surface area (Å²) in [6, 6.07) is 1.69. The van der Waals surface area contributed by atoms with Crippen LogP contribution in [0.4, 0.5) is 15.1 Å². The second kappa shape index (κ2) is 7.75. The number of hydrogen-bond donors (Lipinski definition) is 2. The molecule has 1 fully saturated rings. The Morgan fingerprint density at radius 3 is 2.82 bits per heavy atom. The fraction of sp³-hybridized carbons (Fsp3) is 0.526. The summed E-state index contributed by atoms with van der Waals surface area (Å²) >= 11 is 0. The van der Waals surface area contributed by atoms with Crippen molar-refractivity contribution in [3.05, 3.63) is 23.4 Å². The van der Waals surface area contributed by atoms with Crippen molar-refractivity contribution in [3.63, 3.8) is 0 Å². The number of likely N-dealkylation sites (tertiary alicyclic amines) is 1. The van der Waals surface area contributed by atoms with E-state index >= 15 is 0 Å². The van der Waals surface area contributed by atoms with E-state index in [1.807, 2.05) is 4.90 Å². The molecule has 28 heavy (non-hydrogen) atoms. The van der Waals surface area contributed by atoms with Gasteiger partial charge in [-0.2, -0.15) is 0 Å². The van der Waals surface area contributed by atoms with E-state index in [9.17, 15) is 19.1 Å². The molecule has 152 valence electrons. The van der Waals surface area contributed by atoms with Crippen LogP contribution in [0.15, 0.2) is 16.7 Å². The molecule has 1 atom stereocenters. The van der Waals surface area contributed by atoms with Crippen molar-refractivity contribution in [3.8, 4) is 0 Å². The summed E-state index contributed by atoms with van der Waals surface area (Å²) in [5.41, 5.74) is 0.272. The Kier molecular flexibility index (Phi) is 5.55. The van der Waals surface area contributed by atoms with Gasteiger partial charge in [0.2, 0.25) is 5.88 Å². The van der Waals surface area contributed by atoms with E-state index in [0.717, 1.165) is 12.1 Å². The number of furan rings is 1. The molecule has 0 aliphatic carbocycles. The maximum atomic E-state index is 13.3. The number of carbonyl (C=O) groups excluding carboxylic acids is 1. The summed E-state index contributed by atoms with van der Waals surface area (Å²) in [5, 5.41) is 11.8. The van der Waals surface area contributed by atoms with Gasteiger partial charge in [0.25, 0.3) is 0 Å². The van der Waals surface area contributed by atoms with Crippen LogP contribution in [0.25, 0.3) is 11.1 Å². The molecule has 0 aromatic carbocycles. The number of pyridine rings is 1. The zero-order valence-electron chi connectivity index (χ0n) is 16.1. The molecule has 9 heteroatoms. The number of aromatic carboxylic acids is 1. The summed E-state index contributed by atoms with van der Waals surface area (Å²) < 4.78 is 24.0. The number of carboxylic acids is 1. The maximum absolute atomic E-state index is 13.3. The highest BCUT2D eigenvalue weighted by Crippen LogP contribution is 2.30. The van der Waals surface area contributed by atoms with Crippen LogP contribution < -0.4 is 5.32 Å². The number of alkyl halides is 1. The normalized spacial score (nSPS) is 17.8. The van der Waals surface area contributed by atoms with Gasteiger partial charge in [-0.25, -0.2) is 14.0 Å². The summed E-state index contributed by atoms with van der Waals surface area (Å²) in [4.78, 5) is 29.9. The zero-order valence-corrected chi connectivity index (χ0v) is 16.1. The van der Waals surface area contributed by atoms with Crippen molar-refractivity contribution < 1.29 is 28.2 Å². The van der Waals surface area contributed by atoms with E-state index in [0.29, 0.717) is 25.9 Å². The average Bonchev–Trinajstić information content (AvgIpc) is 3.13. The molecule has 0 unspecified atom stereocenters. The van der Waals surface area contributed by atoms with Gasteiger partial charge in [0.15, 0.2) is 5.58 Å². The van der Waals surface area contributed by atoms with Crippen molar-refractivity contribution in [1.29, 1.82) is 0 Å². The van der Waals surface area contributed by atoms with E-state index in [2.05, 4.69) is 10.3 Å². The molecule has 8 nitrogen and oxygen atoms in total. The van der Waals surface area contributed by atoms with Crippen LogP contribution in [0, 0.1) is 0 Å². The Bertz CT molecular complexity index is 890. The lowest BCUT2D eigenvalue weighted by atomic mass is 10.1. The van der Waals surface area contributed by atoms with Gasteiger partial charge in [0, 0.05) is 25.8 Å². The zero-order chi connectivity index (χ0) is 20.5. The minimum Gasteiger partial charge on any atom is -0.477 e. The van der Waals surface area contributed by atoms with Crippen molar-refractivity contribution in [1.82, 2.24) is 9.88 Å². The van der Waals surface area contributed by atoms with Gasteiger partial charge in [-0.1, -0.05) is 0 Å². The number of halogens is 1. The molecular formula is C19H24FN3O5. The van der Waals surface area contributed by atoms with Crippen LogP contribution in [0.2, 0.25) is 0 Å². The standard InChI is InChI=1S/C19H24FN3O5/c1-19(2,3)28-18(26)22-16-14(17(24)25)15-13(27-16)8-11(9-21-15)4-6-23-7-5-12(20)10-23/h8-9,12H,4-7,10H2,1-3H3,(H,22,26)(H,24,25)/t12-/m1/s1.